The molecule has 1 fully saturated rings. The fourth-order valence-corrected chi connectivity index (χ4v) is 6.25. The standard InChI is InChI=1S/C23H26N6O3S2/c1-33-15-11-19(22-27-26-21-8-4-5-12-29(21)22)25-23(30)17-9-13-28(14-10-17)34(31,32)20-7-3-2-6-18(20)16-24/h2-8,12,17,19H,9-11,13-15H2,1H3,(H,25,30). The number of carbonyl (C=O) groups is 1. The van der Waals surface area contributed by atoms with E-state index < -0.39 is 10.0 Å². The third kappa shape index (κ3) is 4.94. The Kier molecular flexibility index (Phi) is 7.50. The Hall–Kier alpha value is -2.94. The van der Waals surface area contributed by atoms with Crippen LogP contribution in [0.1, 0.15) is 36.7 Å². The highest BCUT2D eigenvalue weighted by atomic mass is 32.2. The average Bonchev–Trinajstić information content (AvgIpc) is 3.30. The van der Waals surface area contributed by atoms with E-state index in [0.29, 0.717) is 25.1 Å². The molecule has 1 aromatic carbocycles. The number of aromatic nitrogens is 3. The SMILES string of the molecule is CSCCC(NC(=O)C1CCN(S(=O)(=O)c2ccccc2C#N)CC1)c1nnc2ccccn12. The van der Waals surface area contributed by atoms with Gasteiger partial charge in [0.1, 0.15) is 6.07 Å². The number of hydrogen-bond acceptors (Lipinski definition) is 7. The molecule has 0 radical (unpaired) electrons. The van der Waals surface area contributed by atoms with Gasteiger partial charge in [-0.15, -0.1) is 10.2 Å². The lowest BCUT2D eigenvalue weighted by molar-refractivity contribution is -0.127. The van der Waals surface area contributed by atoms with Crippen molar-refractivity contribution in [1.29, 1.82) is 5.26 Å². The summed E-state index contributed by atoms with van der Waals surface area (Å²) in [5.74, 6) is 1.13. The number of pyridine rings is 1. The Morgan fingerprint density at radius 1 is 1.21 bits per heavy atom. The van der Waals surface area contributed by atoms with Crippen LogP contribution >= 0.6 is 11.8 Å². The lowest BCUT2D eigenvalue weighted by Gasteiger charge is -2.31. The van der Waals surface area contributed by atoms with Gasteiger partial charge in [-0.2, -0.15) is 21.3 Å². The number of benzene rings is 1. The molecule has 9 nitrogen and oxygen atoms in total. The summed E-state index contributed by atoms with van der Waals surface area (Å²) >= 11 is 1.69. The van der Waals surface area contributed by atoms with Crippen molar-refractivity contribution in [3.05, 3.63) is 60.0 Å². The van der Waals surface area contributed by atoms with E-state index in [0.717, 1.165) is 11.4 Å². The summed E-state index contributed by atoms with van der Waals surface area (Å²) in [5, 5.41) is 20.9. The molecule has 1 amide bonds. The molecule has 2 aromatic heterocycles. The summed E-state index contributed by atoms with van der Waals surface area (Å²) in [4.78, 5) is 13.2. The second kappa shape index (κ2) is 10.5. The second-order valence-electron chi connectivity index (χ2n) is 8.12. The molecule has 3 aromatic rings. The van der Waals surface area contributed by atoms with Gasteiger partial charge in [0.15, 0.2) is 11.5 Å². The molecule has 3 heterocycles. The fraction of sp³-hybridized carbons (Fsp3) is 0.391. The topological polar surface area (TPSA) is 120 Å². The number of rotatable bonds is 8. The highest BCUT2D eigenvalue weighted by molar-refractivity contribution is 7.98. The Balaban J connectivity index is 1.44. The van der Waals surface area contributed by atoms with Crippen LogP contribution in [0.5, 0.6) is 0 Å². The minimum Gasteiger partial charge on any atom is -0.346 e. The zero-order valence-electron chi connectivity index (χ0n) is 18.8. The van der Waals surface area contributed by atoms with Gasteiger partial charge in [0.2, 0.25) is 15.9 Å². The third-order valence-electron chi connectivity index (χ3n) is 6.03. The van der Waals surface area contributed by atoms with E-state index in [1.165, 1.54) is 16.4 Å². The van der Waals surface area contributed by atoms with Crippen LogP contribution in [0, 0.1) is 17.2 Å². The van der Waals surface area contributed by atoms with Gasteiger partial charge in [-0.05, 0) is 55.5 Å². The molecule has 0 saturated carbocycles. The van der Waals surface area contributed by atoms with Gasteiger partial charge in [0.05, 0.1) is 16.5 Å². The largest absolute Gasteiger partial charge is 0.346 e. The van der Waals surface area contributed by atoms with Gasteiger partial charge in [-0.25, -0.2) is 8.42 Å². The molecule has 1 N–H and O–H groups in total. The molecule has 1 atom stereocenters. The van der Waals surface area contributed by atoms with E-state index in [2.05, 4.69) is 15.5 Å². The predicted octanol–water partition coefficient (Wildman–Crippen LogP) is 2.61. The van der Waals surface area contributed by atoms with Gasteiger partial charge >= 0.3 is 0 Å². The number of fused-ring (bicyclic) bond motifs is 1. The molecular formula is C23H26N6O3S2. The third-order valence-corrected chi connectivity index (χ3v) is 8.63. The smallest absolute Gasteiger partial charge is 0.244 e. The molecular weight excluding hydrogens is 472 g/mol. The van der Waals surface area contributed by atoms with Crippen molar-refractivity contribution in [2.24, 2.45) is 5.92 Å². The Bertz CT molecular complexity index is 1310. The minimum atomic E-state index is -3.79. The number of hydrogen-bond donors (Lipinski definition) is 1. The predicted molar refractivity (Wildman–Crippen MR) is 130 cm³/mol. The normalized spacial score (nSPS) is 16.2. The molecule has 34 heavy (non-hydrogen) atoms. The Labute approximate surface area is 203 Å². The van der Waals surface area contributed by atoms with Crippen LogP contribution in [0.25, 0.3) is 5.65 Å². The highest BCUT2D eigenvalue weighted by Gasteiger charge is 2.34. The molecule has 0 bridgehead atoms. The first-order valence-electron chi connectivity index (χ1n) is 11.0. The second-order valence-corrected chi connectivity index (χ2v) is 11.0. The highest BCUT2D eigenvalue weighted by Crippen LogP contribution is 2.27. The van der Waals surface area contributed by atoms with Crippen molar-refractivity contribution in [2.45, 2.75) is 30.2 Å². The van der Waals surface area contributed by atoms with Crippen molar-refractivity contribution >= 4 is 33.3 Å². The molecule has 11 heteroatoms. The number of carbonyl (C=O) groups excluding carboxylic acids is 1. The lowest BCUT2D eigenvalue weighted by Crippen LogP contribution is -2.44. The van der Waals surface area contributed by atoms with Crippen molar-refractivity contribution in [3.8, 4) is 6.07 Å². The number of thioether (sulfide) groups is 1. The molecule has 1 aliphatic rings. The maximum absolute atomic E-state index is 13.1. The van der Waals surface area contributed by atoms with E-state index in [4.69, 9.17) is 0 Å². The summed E-state index contributed by atoms with van der Waals surface area (Å²) in [6.07, 6.45) is 5.43. The number of nitriles is 1. The van der Waals surface area contributed by atoms with E-state index in [1.807, 2.05) is 41.1 Å². The summed E-state index contributed by atoms with van der Waals surface area (Å²) in [6, 6.07) is 13.5. The number of nitrogens with one attached hydrogen (secondary N) is 1. The molecule has 0 spiro atoms. The molecule has 1 saturated heterocycles. The van der Waals surface area contributed by atoms with Gasteiger partial charge in [0.25, 0.3) is 0 Å². The van der Waals surface area contributed by atoms with Crippen LogP contribution in [0.15, 0.2) is 53.6 Å². The molecule has 0 aliphatic carbocycles. The van der Waals surface area contributed by atoms with Crippen LogP contribution in [-0.4, -0.2) is 58.3 Å². The summed E-state index contributed by atoms with van der Waals surface area (Å²) in [6.45, 7) is 0.451. The number of sulfonamides is 1. The van der Waals surface area contributed by atoms with Crippen LogP contribution < -0.4 is 5.32 Å². The van der Waals surface area contributed by atoms with Gasteiger partial charge < -0.3 is 5.32 Å². The average molecular weight is 499 g/mol. The summed E-state index contributed by atoms with van der Waals surface area (Å²) in [7, 11) is -3.79. The molecule has 1 unspecified atom stereocenters. The van der Waals surface area contributed by atoms with Crippen molar-refractivity contribution in [3.63, 3.8) is 0 Å². The summed E-state index contributed by atoms with van der Waals surface area (Å²) < 4.78 is 29.4. The first-order valence-corrected chi connectivity index (χ1v) is 13.9. The zero-order valence-corrected chi connectivity index (χ0v) is 20.4. The summed E-state index contributed by atoms with van der Waals surface area (Å²) in [5.41, 5.74) is 0.844. The zero-order chi connectivity index (χ0) is 24.1. The van der Waals surface area contributed by atoms with E-state index in [-0.39, 0.29) is 41.4 Å². The van der Waals surface area contributed by atoms with E-state index in [9.17, 15) is 18.5 Å². The van der Waals surface area contributed by atoms with Crippen LogP contribution in [0.3, 0.4) is 0 Å². The van der Waals surface area contributed by atoms with Crippen LogP contribution in [0.4, 0.5) is 0 Å². The van der Waals surface area contributed by atoms with E-state index >= 15 is 0 Å². The van der Waals surface area contributed by atoms with Crippen molar-refractivity contribution in [2.75, 3.05) is 25.1 Å². The minimum absolute atomic E-state index is 0.0104. The lowest BCUT2D eigenvalue weighted by atomic mass is 9.96. The quantitative estimate of drug-likeness (QED) is 0.507. The van der Waals surface area contributed by atoms with Gasteiger partial charge in [-0.3, -0.25) is 9.20 Å². The van der Waals surface area contributed by atoms with E-state index in [1.54, 1.807) is 23.9 Å². The van der Waals surface area contributed by atoms with Crippen molar-refractivity contribution < 1.29 is 13.2 Å². The van der Waals surface area contributed by atoms with Crippen LogP contribution in [-0.2, 0) is 14.8 Å². The first-order chi connectivity index (χ1) is 16.5. The first kappa shape index (κ1) is 24.2. The Morgan fingerprint density at radius 3 is 2.68 bits per heavy atom. The monoisotopic (exact) mass is 498 g/mol. The maximum Gasteiger partial charge on any atom is 0.244 e. The molecule has 4 rings (SSSR count). The van der Waals surface area contributed by atoms with Crippen LogP contribution in [0.2, 0.25) is 0 Å². The number of piperidine rings is 1. The molecule has 1 aliphatic heterocycles. The maximum atomic E-state index is 13.1. The van der Waals surface area contributed by atoms with Gasteiger partial charge in [0, 0.05) is 25.2 Å². The number of amides is 1. The molecule has 178 valence electrons. The number of nitrogens with zero attached hydrogens (tertiary/aromatic N) is 5. The Morgan fingerprint density at radius 2 is 1.94 bits per heavy atom. The van der Waals surface area contributed by atoms with Crippen molar-refractivity contribution in [1.82, 2.24) is 24.2 Å². The van der Waals surface area contributed by atoms with Gasteiger partial charge in [-0.1, -0.05) is 18.2 Å². The fourth-order valence-electron chi connectivity index (χ4n) is 4.17.